The van der Waals surface area contributed by atoms with Gasteiger partial charge in [0.15, 0.2) is 0 Å². The number of thiol groups is 1. The molecule has 1 nitrogen and oxygen atoms in total. The van der Waals surface area contributed by atoms with Gasteiger partial charge < -0.3 is 0 Å². The molecule has 0 heterocycles. The van der Waals surface area contributed by atoms with Crippen LogP contribution in [-0.4, -0.2) is 0 Å². The number of rotatable bonds is 0. The fourth-order valence-corrected chi connectivity index (χ4v) is 0. The van der Waals surface area contributed by atoms with E-state index in [2.05, 4.69) is 12.6 Å². The third-order valence-corrected chi connectivity index (χ3v) is 0. The molecule has 0 aromatic rings. The zero-order valence-electron chi connectivity index (χ0n) is 2.39. The summed E-state index contributed by atoms with van der Waals surface area (Å²) in [6.07, 6.45) is 0. The Bertz CT molecular complexity index is 29.5. The summed E-state index contributed by atoms with van der Waals surface area (Å²) in [5.41, 5.74) is 0. The van der Waals surface area contributed by atoms with Crippen molar-refractivity contribution >= 4 is 12.6 Å². The van der Waals surface area contributed by atoms with Gasteiger partial charge in [0, 0.05) is 0 Å². The van der Waals surface area contributed by atoms with Crippen LogP contribution in [0, 0.1) is 10.7 Å². The van der Waals surface area contributed by atoms with E-state index >= 15 is 0 Å². The van der Waals surface area contributed by atoms with Crippen molar-refractivity contribution in [2.75, 3.05) is 0 Å². The summed E-state index contributed by atoms with van der Waals surface area (Å²) in [7, 11) is 0. The molecule has 0 spiro atoms. The molecule has 0 N–H and O–H groups in total. The maximum absolute atomic E-state index is 7.18. The number of thiocyanates is 1. The molecule has 16 valence electrons. The molecule has 0 unspecified atom stereocenters. The van der Waals surface area contributed by atoms with Gasteiger partial charge in [-0.2, -0.15) is 5.26 Å². The maximum Gasteiger partial charge on any atom is 1.00 e. The Balaban J connectivity index is 0. The minimum Gasteiger partial charge on any atom is -0.185 e. The maximum atomic E-state index is 7.18. The third kappa shape index (κ3) is 13.6. The molecule has 0 aliphatic rings. The van der Waals surface area contributed by atoms with E-state index in [1.54, 1.807) is 0 Å². The summed E-state index contributed by atoms with van der Waals surface area (Å²) in [6.45, 7) is 0. The average Bonchev–Trinajstić information content (AvgIpc) is 0.918. The summed E-state index contributed by atoms with van der Waals surface area (Å²) in [6, 6.07) is 0. The summed E-state index contributed by atoms with van der Waals surface area (Å²) in [5.74, 6) is 0. The molecular weight excluding hydrogens is 81.1 g/mol. The van der Waals surface area contributed by atoms with E-state index in [4.69, 9.17) is 5.26 Å². The van der Waals surface area contributed by atoms with Gasteiger partial charge in [0.05, 0.1) is 0 Å². The van der Waals surface area contributed by atoms with Gasteiger partial charge in [0.25, 0.3) is 0 Å². The number of hydrogen-bond acceptors (Lipinski definition) is 2. The van der Waals surface area contributed by atoms with Gasteiger partial charge in [-0.3, -0.25) is 0 Å². The van der Waals surface area contributed by atoms with E-state index in [0.29, 0.717) is 0 Å². The van der Waals surface area contributed by atoms with Crippen LogP contribution < -0.4 is 29.6 Å². The third-order valence-electron chi connectivity index (χ3n) is 0. The van der Waals surface area contributed by atoms with Gasteiger partial charge >= 0.3 is 29.6 Å². The predicted octanol–water partition coefficient (Wildman–Crippen LogP) is -2.60. The fraction of sp³-hybridized carbons (Fsp3) is 0. The van der Waals surface area contributed by atoms with Gasteiger partial charge in [-0.1, -0.05) is 12.6 Å². The van der Waals surface area contributed by atoms with Crippen LogP contribution in [0.25, 0.3) is 0 Å². The van der Waals surface area contributed by atoms with Gasteiger partial charge in [0.1, 0.15) is 5.40 Å². The zero-order valence-corrected chi connectivity index (χ0v) is 5.29. The Kier molecular flexibility index (Phi) is 20.2. The molecule has 0 aromatic carbocycles. The second-order valence-corrected chi connectivity index (χ2v) is 0.300. The smallest absolute Gasteiger partial charge is 0.185 e. The van der Waals surface area contributed by atoms with E-state index in [-0.39, 0.29) is 29.6 Å². The summed E-state index contributed by atoms with van der Waals surface area (Å²) in [4.78, 5) is 0. The van der Waals surface area contributed by atoms with Crippen molar-refractivity contribution in [3.63, 3.8) is 0 Å². The molecule has 0 saturated heterocycles. The van der Waals surface area contributed by atoms with Gasteiger partial charge in [-0.25, -0.2) is 0 Å². The van der Waals surface area contributed by atoms with E-state index in [1.807, 2.05) is 0 Å². The normalized spacial score (nSPS) is 2.00. The van der Waals surface area contributed by atoms with Crippen LogP contribution in [0.15, 0.2) is 0 Å². The number of nitrogens with zero attached hydrogens (tertiary/aromatic N) is 1. The quantitative estimate of drug-likeness (QED) is 0.193. The molecule has 3 heteroatoms. The Hall–Kier alpha value is 0.840. The summed E-state index contributed by atoms with van der Waals surface area (Å²) >= 11 is 3.09. The predicted molar refractivity (Wildman–Crippen MR) is 14.6 cm³/mol. The first-order valence-electron chi connectivity index (χ1n) is 0.447. The van der Waals surface area contributed by atoms with Crippen molar-refractivity contribution in [2.24, 2.45) is 0 Å². The van der Waals surface area contributed by atoms with Crippen molar-refractivity contribution in [3.8, 4) is 5.40 Å². The Morgan fingerprint density at radius 1 is 1.75 bits per heavy atom. The molecule has 0 atom stereocenters. The molecule has 0 aliphatic carbocycles. The van der Waals surface area contributed by atoms with Crippen LogP contribution in [0.2, 0.25) is 0 Å². The molecule has 0 aromatic heterocycles. The molecule has 0 rings (SSSR count). The van der Waals surface area contributed by atoms with E-state index in [0.717, 1.165) is 0 Å². The Labute approximate surface area is 52.7 Å². The Morgan fingerprint density at radius 2 is 1.75 bits per heavy atom. The van der Waals surface area contributed by atoms with Crippen LogP contribution in [0.5, 0.6) is 0 Å². The van der Waals surface area contributed by atoms with Crippen LogP contribution in [0.3, 0.4) is 0 Å². The van der Waals surface area contributed by atoms with Gasteiger partial charge in [-0.15, -0.1) is 0 Å². The largest absolute Gasteiger partial charge is 1.00 e. The first kappa shape index (κ1) is 8.85. The van der Waals surface area contributed by atoms with E-state index in [9.17, 15) is 0 Å². The molecule has 0 saturated carbocycles. The molecule has 4 heavy (non-hydrogen) atoms. The van der Waals surface area contributed by atoms with Crippen LogP contribution in [-0.2, 0) is 0 Å². The van der Waals surface area contributed by atoms with Crippen molar-refractivity contribution in [1.29, 1.82) is 5.26 Å². The second kappa shape index (κ2) is 9.15. The van der Waals surface area contributed by atoms with E-state index in [1.165, 1.54) is 5.40 Å². The molecular formula is CHNNaS+. The molecule has 0 bridgehead atoms. The standard InChI is InChI=1S/CHNS.Na/c2-1-3;/h3H;/q;+1. The zero-order chi connectivity index (χ0) is 2.71. The monoisotopic (exact) mass is 82.0 g/mol. The number of nitriles is 1. The molecule has 0 amide bonds. The van der Waals surface area contributed by atoms with Crippen LogP contribution in [0.4, 0.5) is 0 Å². The summed E-state index contributed by atoms with van der Waals surface area (Å²) in [5, 5.41) is 8.63. The van der Waals surface area contributed by atoms with Crippen molar-refractivity contribution in [1.82, 2.24) is 0 Å². The Morgan fingerprint density at radius 3 is 1.75 bits per heavy atom. The van der Waals surface area contributed by atoms with Crippen molar-refractivity contribution in [2.45, 2.75) is 0 Å². The summed E-state index contributed by atoms with van der Waals surface area (Å²) < 4.78 is 0. The topological polar surface area (TPSA) is 23.8 Å². The van der Waals surface area contributed by atoms with Crippen LogP contribution >= 0.6 is 12.6 Å². The van der Waals surface area contributed by atoms with Gasteiger partial charge in [-0.05, 0) is 0 Å². The minimum absolute atomic E-state index is 0. The number of hydrogen-bond donors (Lipinski definition) is 1. The van der Waals surface area contributed by atoms with Gasteiger partial charge in [0.2, 0.25) is 0 Å². The molecule has 0 aliphatic heterocycles. The SMILES string of the molecule is N#CS.[Na+]. The fourth-order valence-electron chi connectivity index (χ4n) is 0. The van der Waals surface area contributed by atoms with Crippen molar-refractivity contribution in [3.05, 3.63) is 0 Å². The first-order valence-corrected chi connectivity index (χ1v) is 0.894. The van der Waals surface area contributed by atoms with E-state index < -0.39 is 0 Å². The minimum atomic E-state index is 0. The van der Waals surface area contributed by atoms with Crippen LogP contribution in [0.1, 0.15) is 0 Å². The first-order chi connectivity index (χ1) is 1.41. The molecule has 0 radical (unpaired) electrons. The second-order valence-electron chi connectivity index (χ2n) is 0.100. The average molecular weight is 82.1 g/mol. The van der Waals surface area contributed by atoms with Crippen molar-refractivity contribution < 1.29 is 29.6 Å². The molecule has 0 fully saturated rings.